The molecule has 1 aromatic heterocycles. The molecule has 0 radical (unpaired) electrons. The molecule has 9 nitrogen and oxygen atoms in total. The van der Waals surface area contributed by atoms with Gasteiger partial charge in [0.1, 0.15) is 6.54 Å². The minimum atomic E-state index is -0.306. The molecule has 0 bridgehead atoms. The molecule has 0 atom stereocenters. The molecule has 5 rings (SSSR count). The van der Waals surface area contributed by atoms with Crippen molar-refractivity contribution in [2.24, 2.45) is 0 Å². The van der Waals surface area contributed by atoms with Crippen LogP contribution in [0.15, 0.2) is 66.7 Å². The molecule has 0 saturated carbocycles. The van der Waals surface area contributed by atoms with Gasteiger partial charge >= 0.3 is 0 Å². The van der Waals surface area contributed by atoms with Crippen molar-refractivity contribution in [1.29, 1.82) is 0 Å². The van der Waals surface area contributed by atoms with Crippen molar-refractivity contribution in [3.05, 3.63) is 82.6 Å². The second-order valence-electron chi connectivity index (χ2n) is 7.96. The Kier molecular flexibility index (Phi) is 6.02. The van der Waals surface area contributed by atoms with Gasteiger partial charge in [-0.25, -0.2) is 0 Å². The molecule has 2 heterocycles. The van der Waals surface area contributed by atoms with Gasteiger partial charge in [0.15, 0.2) is 22.1 Å². The Morgan fingerprint density at radius 1 is 1.00 bits per heavy atom. The predicted octanol–water partition coefficient (Wildman–Crippen LogP) is 4.54. The van der Waals surface area contributed by atoms with Crippen molar-refractivity contribution < 1.29 is 19.1 Å². The summed E-state index contributed by atoms with van der Waals surface area (Å²) in [6.45, 7) is 2.10. The molecular weight excluding hydrogens is 466 g/mol. The monoisotopic (exact) mass is 487 g/mol. The quantitative estimate of drug-likeness (QED) is 0.345. The third-order valence-corrected chi connectivity index (χ3v) is 5.69. The maximum Gasteiger partial charge on any atom is 0.255 e. The van der Waals surface area contributed by atoms with E-state index in [4.69, 9.17) is 21.7 Å². The number of rotatable bonds is 6. The van der Waals surface area contributed by atoms with Crippen molar-refractivity contribution in [1.82, 2.24) is 14.8 Å². The summed E-state index contributed by atoms with van der Waals surface area (Å²) in [5.74, 6) is 1.13. The summed E-state index contributed by atoms with van der Waals surface area (Å²) in [7, 11) is 0. The molecule has 3 aromatic carbocycles. The number of H-pyrrole nitrogens is 1. The topological polar surface area (TPSA) is 110 Å². The number of ether oxygens (including phenoxy) is 2. The van der Waals surface area contributed by atoms with Gasteiger partial charge < -0.3 is 20.1 Å². The minimum Gasteiger partial charge on any atom is -0.454 e. The highest BCUT2D eigenvalue weighted by Gasteiger charge is 2.17. The molecule has 176 valence electrons. The molecule has 0 saturated heterocycles. The van der Waals surface area contributed by atoms with Gasteiger partial charge in [0.2, 0.25) is 12.7 Å². The lowest BCUT2D eigenvalue weighted by atomic mass is 10.1. The number of amides is 2. The third-order valence-electron chi connectivity index (χ3n) is 5.38. The Hall–Kier alpha value is -4.44. The number of carbonyl (C=O) groups is 2. The average Bonchev–Trinajstić information content (AvgIpc) is 3.45. The lowest BCUT2D eigenvalue weighted by molar-refractivity contribution is -0.116. The number of fused-ring (bicyclic) bond motifs is 1. The fourth-order valence-corrected chi connectivity index (χ4v) is 3.93. The first-order valence-electron chi connectivity index (χ1n) is 10.8. The number of carbonyl (C=O) groups excluding carboxylic acids is 2. The van der Waals surface area contributed by atoms with Gasteiger partial charge in [-0.15, -0.1) is 0 Å². The molecule has 0 unspecified atom stereocenters. The molecule has 10 heteroatoms. The lowest BCUT2D eigenvalue weighted by Crippen LogP contribution is -2.19. The number of nitrogens with zero attached hydrogens (tertiary/aromatic N) is 2. The van der Waals surface area contributed by atoms with Gasteiger partial charge in [0.25, 0.3) is 5.91 Å². The van der Waals surface area contributed by atoms with E-state index < -0.39 is 0 Å². The number of benzene rings is 3. The third kappa shape index (κ3) is 4.92. The van der Waals surface area contributed by atoms with Crippen molar-refractivity contribution in [3.63, 3.8) is 0 Å². The SMILES string of the molecule is Cc1cccc(-c2n[nH]c(=S)n2CC(=O)Nc2cccc(NC(=O)c3ccc4c(c3)OCO4)c2)c1. The van der Waals surface area contributed by atoms with Crippen LogP contribution in [-0.4, -0.2) is 33.4 Å². The molecule has 1 aliphatic heterocycles. The van der Waals surface area contributed by atoms with Gasteiger partial charge in [0, 0.05) is 22.5 Å². The molecule has 4 aromatic rings. The maximum atomic E-state index is 12.8. The second-order valence-corrected chi connectivity index (χ2v) is 8.35. The van der Waals surface area contributed by atoms with E-state index in [1.807, 2.05) is 31.2 Å². The largest absolute Gasteiger partial charge is 0.454 e. The van der Waals surface area contributed by atoms with E-state index in [2.05, 4.69) is 20.8 Å². The highest BCUT2D eigenvalue weighted by molar-refractivity contribution is 7.71. The smallest absolute Gasteiger partial charge is 0.255 e. The van der Waals surface area contributed by atoms with Crippen LogP contribution in [0.2, 0.25) is 0 Å². The molecule has 0 fully saturated rings. The first kappa shape index (κ1) is 22.4. The number of anilines is 2. The Morgan fingerprint density at radius 2 is 1.77 bits per heavy atom. The first-order chi connectivity index (χ1) is 17.0. The van der Waals surface area contributed by atoms with E-state index in [9.17, 15) is 9.59 Å². The number of nitrogens with one attached hydrogen (secondary N) is 3. The molecule has 0 spiro atoms. The standard InChI is InChI=1S/C25H21N5O4S/c1-15-4-2-5-16(10-15)23-28-29-25(35)30(23)13-22(31)26-18-6-3-7-19(12-18)27-24(32)17-8-9-20-21(11-17)34-14-33-20/h2-12H,13-14H2,1H3,(H,26,31)(H,27,32)(H,29,35). The first-order valence-corrected chi connectivity index (χ1v) is 11.2. The van der Waals surface area contributed by atoms with Crippen molar-refractivity contribution in [3.8, 4) is 22.9 Å². The Labute approximate surface area is 205 Å². The fourth-order valence-electron chi connectivity index (χ4n) is 3.73. The van der Waals surface area contributed by atoms with E-state index in [0.29, 0.717) is 39.0 Å². The second kappa shape index (κ2) is 9.43. The van der Waals surface area contributed by atoms with E-state index in [1.165, 1.54) is 0 Å². The number of hydrogen-bond donors (Lipinski definition) is 3. The van der Waals surface area contributed by atoms with Gasteiger partial charge in [-0.2, -0.15) is 5.10 Å². The summed E-state index contributed by atoms with van der Waals surface area (Å²) in [4.78, 5) is 25.5. The van der Waals surface area contributed by atoms with Gasteiger partial charge in [-0.1, -0.05) is 29.8 Å². The summed E-state index contributed by atoms with van der Waals surface area (Å²) in [5.41, 5.74) is 3.43. The minimum absolute atomic E-state index is 0.0214. The molecule has 35 heavy (non-hydrogen) atoms. The summed E-state index contributed by atoms with van der Waals surface area (Å²) in [5, 5.41) is 12.7. The number of aromatic nitrogens is 3. The maximum absolute atomic E-state index is 12.8. The summed E-state index contributed by atoms with van der Waals surface area (Å²) < 4.78 is 12.6. The number of aryl methyl sites for hydroxylation is 1. The predicted molar refractivity (Wildman–Crippen MR) is 133 cm³/mol. The number of hydrogen-bond acceptors (Lipinski definition) is 6. The zero-order valence-electron chi connectivity index (χ0n) is 18.7. The zero-order chi connectivity index (χ0) is 24.4. The van der Waals surface area contributed by atoms with E-state index >= 15 is 0 Å². The van der Waals surface area contributed by atoms with Gasteiger partial charge in [0.05, 0.1) is 0 Å². The van der Waals surface area contributed by atoms with E-state index in [-0.39, 0.29) is 25.2 Å². The van der Waals surface area contributed by atoms with Crippen LogP contribution >= 0.6 is 12.2 Å². The van der Waals surface area contributed by atoms with Gasteiger partial charge in [-0.3, -0.25) is 19.3 Å². The Morgan fingerprint density at radius 3 is 2.60 bits per heavy atom. The number of aromatic amines is 1. The normalized spacial score (nSPS) is 11.8. The van der Waals surface area contributed by atoms with Crippen molar-refractivity contribution >= 4 is 35.4 Å². The van der Waals surface area contributed by atoms with Crippen LogP contribution in [-0.2, 0) is 11.3 Å². The van der Waals surface area contributed by atoms with Crippen LogP contribution in [0.5, 0.6) is 11.5 Å². The van der Waals surface area contributed by atoms with Crippen LogP contribution < -0.4 is 20.1 Å². The van der Waals surface area contributed by atoms with Crippen LogP contribution in [0, 0.1) is 11.7 Å². The van der Waals surface area contributed by atoms with Crippen LogP contribution in [0.4, 0.5) is 11.4 Å². The Balaban J connectivity index is 1.27. The van der Waals surface area contributed by atoms with Crippen LogP contribution in [0.1, 0.15) is 15.9 Å². The van der Waals surface area contributed by atoms with Crippen LogP contribution in [0.3, 0.4) is 0 Å². The molecule has 0 aliphatic carbocycles. The van der Waals surface area contributed by atoms with Gasteiger partial charge in [-0.05, 0) is 61.6 Å². The van der Waals surface area contributed by atoms with Crippen LogP contribution in [0.25, 0.3) is 11.4 Å². The molecule has 3 N–H and O–H groups in total. The summed E-state index contributed by atoms with van der Waals surface area (Å²) in [6, 6.07) is 19.7. The lowest BCUT2D eigenvalue weighted by Gasteiger charge is -2.11. The van der Waals surface area contributed by atoms with Crippen molar-refractivity contribution in [2.45, 2.75) is 13.5 Å². The summed E-state index contributed by atoms with van der Waals surface area (Å²) >= 11 is 5.33. The van der Waals surface area contributed by atoms with E-state index in [1.54, 1.807) is 47.0 Å². The molecular formula is C25H21N5O4S. The fraction of sp³-hybridized carbons (Fsp3) is 0.120. The molecule has 2 amide bonds. The average molecular weight is 488 g/mol. The van der Waals surface area contributed by atoms with E-state index in [0.717, 1.165) is 11.1 Å². The van der Waals surface area contributed by atoms with Crippen molar-refractivity contribution in [2.75, 3.05) is 17.4 Å². The summed E-state index contributed by atoms with van der Waals surface area (Å²) in [6.07, 6.45) is 0. The highest BCUT2D eigenvalue weighted by Crippen LogP contribution is 2.32. The zero-order valence-corrected chi connectivity index (χ0v) is 19.5. The highest BCUT2D eigenvalue weighted by atomic mass is 32.1. The molecule has 1 aliphatic rings. The Bertz CT molecular complexity index is 1490.